The van der Waals surface area contributed by atoms with Crippen LogP contribution >= 0.6 is 0 Å². The molecule has 0 radical (unpaired) electrons. The van der Waals surface area contributed by atoms with Crippen LogP contribution in [0.15, 0.2) is 60.7 Å². The predicted molar refractivity (Wildman–Crippen MR) is 210 cm³/mol. The topological polar surface area (TPSA) is 109 Å². The Hall–Kier alpha value is -2.23. The van der Waals surface area contributed by atoms with Gasteiger partial charge in [0, 0.05) is 6.42 Å². The monoisotopic (exact) mass is 764 g/mol. The molecule has 11 nitrogen and oxygen atoms in total. The van der Waals surface area contributed by atoms with Gasteiger partial charge in [-0.15, -0.1) is 0 Å². The molecule has 0 aromatic heterocycles. The highest BCUT2D eigenvalue weighted by Crippen LogP contribution is 2.36. The number of ether oxygens (including phenoxy) is 9. The summed E-state index contributed by atoms with van der Waals surface area (Å²) in [5.74, 6) is -0.151. The molecular weight excluding hydrogens is 697 g/mol. The summed E-state index contributed by atoms with van der Waals surface area (Å²) in [6.07, 6.45) is 4.76. The van der Waals surface area contributed by atoms with Crippen molar-refractivity contribution < 1.29 is 51.9 Å². The Labute approximate surface area is 320 Å². The van der Waals surface area contributed by atoms with Gasteiger partial charge >= 0.3 is 5.97 Å². The van der Waals surface area contributed by atoms with E-state index >= 15 is 0 Å². The first-order chi connectivity index (χ1) is 25.9. The molecule has 0 saturated carbocycles. The largest absolute Gasteiger partial charge is 0.463 e. The van der Waals surface area contributed by atoms with Crippen LogP contribution in [-0.4, -0.2) is 133 Å². The van der Waals surface area contributed by atoms with Gasteiger partial charge in [0.05, 0.1) is 112 Å². The molecule has 0 N–H and O–H groups in total. The van der Waals surface area contributed by atoms with Crippen molar-refractivity contribution in [1.29, 1.82) is 0 Å². The molecule has 0 aliphatic rings. The van der Waals surface area contributed by atoms with Crippen molar-refractivity contribution in [1.82, 2.24) is 0 Å². The summed E-state index contributed by atoms with van der Waals surface area (Å²) < 4.78 is 56.5. The van der Waals surface area contributed by atoms with Gasteiger partial charge in [-0.3, -0.25) is 4.79 Å². The summed E-state index contributed by atoms with van der Waals surface area (Å²) in [4.78, 5) is 11.6. The number of hydrogen-bond donors (Lipinski definition) is 0. The van der Waals surface area contributed by atoms with E-state index in [0.717, 1.165) is 25.7 Å². The zero-order chi connectivity index (χ0) is 38.1. The normalized spacial score (nSPS) is 12.0. The first kappa shape index (κ1) is 46.9. The second-order valence-electron chi connectivity index (χ2n) is 13.4. The van der Waals surface area contributed by atoms with Crippen LogP contribution in [0.1, 0.15) is 59.8 Å². The molecular formula is C41H68O11Si. The maximum atomic E-state index is 11.6. The van der Waals surface area contributed by atoms with Crippen LogP contribution in [0.25, 0.3) is 0 Å². The van der Waals surface area contributed by atoms with E-state index in [9.17, 15) is 4.79 Å². The molecule has 0 fully saturated rings. The second-order valence-corrected chi connectivity index (χ2v) is 17.7. The molecule has 53 heavy (non-hydrogen) atoms. The average molecular weight is 765 g/mol. The lowest BCUT2D eigenvalue weighted by atomic mass is 10.2. The van der Waals surface area contributed by atoms with E-state index < -0.39 is 8.32 Å². The molecule has 2 aromatic carbocycles. The van der Waals surface area contributed by atoms with E-state index in [2.05, 4.69) is 88.4 Å². The third-order valence-electron chi connectivity index (χ3n) is 8.29. The van der Waals surface area contributed by atoms with Crippen molar-refractivity contribution in [2.24, 2.45) is 0 Å². The van der Waals surface area contributed by atoms with Gasteiger partial charge in [0.1, 0.15) is 6.61 Å². The number of carbonyl (C=O) groups is 1. The van der Waals surface area contributed by atoms with Crippen molar-refractivity contribution in [3.05, 3.63) is 60.7 Å². The van der Waals surface area contributed by atoms with Crippen LogP contribution in [0, 0.1) is 0 Å². The van der Waals surface area contributed by atoms with Crippen LogP contribution in [-0.2, 0) is 51.9 Å². The molecule has 0 atom stereocenters. The molecule has 0 heterocycles. The van der Waals surface area contributed by atoms with Crippen molar-refractivity contribution >= 4 is 24.7 Å². The van der Waals surface area contributed by atoms with Gasteiger partial charge in [0.15, 0.2) is 0 Å². The van der Waals surface area contributed by atoms with Gasteiger partial charge in [0.25, 0.3) is 8.32 Å². The second kappa shape index (κ2) is 31.0. The van der Waals surface area contributed by atoms with Gasteiger partial charge in [-0.1, -0.05) is 108 Å². The Morgan fingerprint density at radius 3 is 1.15 bits per heavy atom. The fourth-order valence-electron chi connectivity index (χ4n) is 5.64. The molecule has 0 saturated heterocycles. The maximum absolute atomic E-state index is 11.6. The lowest BCUT2D eigenvalue weighted by molar-refractivity contribution is -0.145. The van der Waals surface area contributed by atoms with Crippen molar-refractivity contribution in [3.63, 3.8) is 0 Å². The van der Waals surface area contributed by atoms with Crippen LogP contribution in [0.3, 0.4) is 0 Å². The van der Waals surface area contributed by atoms with Crippen LogP contribution in [0.4, 0.5) is 0 Å². The van der Waals surface area contributed by atoms with Crippen molar-refractivity contribution in [3.8, 4) is 0 Å². The number of carbonyl (C=O) groups excluding carboxylic acids is 1. The quantitative estimate of drug-likeness (QED) is 0.0525. The average Bonchev–Trinajstić information content (AvgIpc) is 3.16. The molecule has 0 aliphatic carbocycles. The SMILES string of the molecule is CCCCCCC(=O)OCCOCCOCCOCCOCCOCCOCCOCCOCCO[Si](c1ccccc1)(c1ccccc1)C(C)(C)C. The molecule has 302 valence electrons. The van der Waals surface area contributed by atoms with E-state index in [-0.39, 0.29) is 17.6 Å². The number of esters is 1. The van der Waals surface area contributed by atoms with Crippen LogP contribution < -0.4 is 10.4 Å². The third-order valence-corrected chi connectivity index (χ3v) is 13.3. The lowest BCUT2D eigenvalue weighted by Crippen LogP contribution is -2.66. The first-order valence-electron chi connectivity index (χ1n) is 19.4. The standard InChI is InChI=1S/C41H68O11Si/c1-5-6-7-14-19-40(42)51-36-34-49-32-30-47-28-26-45-24-22-43-20-21-44-23-25-46-27-29-48-31-33-50-35-37-52-53(41(2,3)4,38-15-10-8-11-16-38)39-17-12-9-13-18-39/h8-13,15-18H,5-7,14,19-37H2,1-4H3. The Morgan fingerprint density at radius 2 is 0.811 bits per heavy atom. The number of rotatable bonds is 35. The molecule has 2 rings (SSSR count). The van der Waals surface area contributed by atoms with Gasteiger partial charge < -0.3 is 47.1 Å². The van der Waals surface area contributed by atoms with Crippen LogP contribution in [0.2, 0.25) is 5.04 Å². The zero-order valence-corrected chi connectivity index (χ0v) is 34.0. The summed E-state index contributed by atoms with van der Waals surface area (Å²) in [5, 5.41) is 2.47. The maximum Gasteiger partial charge on any atom is 0.305 e. The molecule has 12 heteroatoms. The van der Waals surface area contributed by atoms with E-state index in [1.807, 2.05) is 0 Å². The summed E-state index contributed by atoms with van der Waals surface area (Å²) in [5.41, 5.74) is 0. The summed E-state index contributed by atoms with van der Waals surface area (Å²) in [6, 6.07) is 21.3. The van der Waals surface area contributed by atoms with E-state index in [1.54, 1.807) is 0 Å². The van der Waals surface area contributed by atoms with E-state index in [4.69, 9.17) is 47.1 Å². The van der Waals surface area contributed by atoms with E-state index in [1.165, 1.54) is 10.4 Å². The molecule has 0 bridgehead atoms. The molecule has 0 unspecified atom stereocenters. The molecule has 0 spiro atoms. The van der Waals surface area contributed by atoms with Crippen molar-refractivity contribution in [2.45, 2.75) is 64.8 Å². The minimum atomic E-state index is -2.54. The Bertz CT molecular complexity index is 1080. The minimum absolute atomic E-state index is 0.0580. The van der Waals surface area contributed by atoms with Gasteiger partial charge in [-0.2, -0.15) is 0 Å². The highest BCUT2D eigenvalue weighted by Gasteiger charge is 2.50. The predicted octanol–water partition coefficient (Wildman–Crippen LogP) is 5.21. The number of benzene rings is 2. The lowest BCUT2D eigenvalue weighted by Gasteiger charge is -2.43. The van der Waals surface area contributed by atoms with Gasteiger partial charge in [-0.05, 0) is 21.8 Å². The first-order valence-corrected chi connectivity index (χ1v) is 21.3. The number of unbranched alkanes of at least 4 members (excludes halogenated alkanes) is 3. The molecule has 0 aliphatic heterocycles. The Balaban J connectivity index is 1.32. The highest BCUT2D eigenvalue weighted by molar-refractivity contribution is 6.99. The summed E-state index contributed by atoms with van der Waals surface area (Å²) >= 11 is 0. The zero-order valence-electron chi connectivity index (χ0n) is 33.0. The highest BCUT2D eigenvalue weighted by atomic mass is 28.4. The van der Waals surface area contributed by atoms with Gasteiger partial charge in [0.2, 0.25) is 0 Å². The summed E-state index contributed by atoms with van der Waals surface area (Å²) in [6.45, 7) is 17.5. The Kier molecular flexibility index (Phi) is 27.5. The van der Waals surface area contributed by atoms with Gasteiger partial charge in [-0.25, -0.2) is 0 Å². The van der Waals surface area contributed by atoms with Crippen LogP contribution in [0.5, 0.6) is 0 Å². The molecule has 2 aromatic rings. The fraction of sp³-hybridized carbons (Fsp3) is 0.683. The Morgan fingerprint density at radius 1 is 0.472 bits per heavy atom. The third kappa shape index (κ3) is 21.4. The smallest absolute Gasteiger partial charge is 0.305 e. The molecule has 0 amide bonds. The number of hydrogen-bond acceptors (Lipinski definition) is 11. The van der Waals surface area contributed by atoms with Crippen molar-refractivity contribution in [2.75, 3.05) is 119 Å². The summed E-state index contributed by atoms with van der Waals surface area (Å²) in [7, 11) is -2.54. The fourth-order valence-corrected chi connectivity index (χ4v) is 10.2. The van der Waals surface area contributed by atoms with E-state index in [0.29, 0.717) is 119 Å². The minimum Gasteiger partial charge on any atom is -0.463 e.